The maximum atomic E-state index is 13.5. The fourth-order valence-corrected chi connectivity index (χ4v) is 1.72. The molecule has 0 aromatic heterocycles. The zero-order chi connectivity index (χ0) is 14.7. The molecule has 2 N–H and O–H groups in total. The number of benzene rings is 2. The van der Waals surface area contributed by atoms with Crippen molar-refractivity contribution < 1.29 is 22.3 Å². The van der Waals surface area contributed by atoms with Gasteiger partial charge in [0.2, 0.25) is 0 Å². The van der Waals surface area contributed by atoms with Crippen LogP contribution in [0.25, 0.3) is 0 Å². The van der Waals surface area contributed by atoms with Gasteiger partial charge in [0.15, 0.2) is 11.6 Å². The summed E-state index contributed by atoms with van der Waals surface area (Å²) in [7, 11) is 0. The monoisotopic (exact) mass is 285 g/mol. The van der Waals surface area contributed by atoms with E-state index in [4.69, 9.17) is 10.5 Å². The lowest BCUT2D eigenvalue weighted by Gasteiger charge is -2.15. The van der Waals surface area contributed by atoms with Crippen LogP contribution in [0.1, 0.15) is 11.6 Å². The van der Waals surface area contributed by atoms with Crippen molar-refractivity contribution in [2.45, 2.75) is 6.04 Å². The molecule has 106 valence electrons. The number of halogens is 4. The molecule has 0 bridgehead atoms. The maximum Gasteiger partial charge on any atom is 0.167 e. The van der Waals surface area contributed by atoms with E-state index >= 15 is 0 Å². The van der Waals surface area contributed by atoms with E-state index in [0.717, 1.165) is 24.3 Å². The summed E-state index contributed by atoms with van der Waals surface area (Å²) in [6.07, 6.45) is 0. The standard InChI is InChI=1S/C14H11F4NO/c15-8-4-5-13(11(18)6-8)20-7-12(19)14-9(16)2-1-3-10(14)17/h1-6,12H,7,19H2. The van der Waals surface area contributed by atoms with Crippen molar-refractivity contribution in [3.05, 3.63) is 65.2 Å². The lowest BCUT2D eigenvalue weighted by atomic mass is 10.1. The van der Waals surface area contributed by atoms with E-state index < -0.39 is 29.3 Å². The summed E-state index contributed by atoms with van der Waals surface area (Å²) in [4.78, 5) is 0. The van der Waals surface area contributed by atoms with Gasteiger partial charge in [0.1, 0.15) is 24.1 Å². The van der Waals surface area contributed by atoms with Crippen LogP contribution in [0.15, 0.2) is 36.4 Å². The number of ether oxygens (including phenoxy) is 1. The third kappa shape index (κ3) is 3.08. The molecule has 0 fully saturated rings. The van der Waals surface area contributed by atoms with Gasteiger partial charge >= 0.3 is 0 Å². The lowest BCUT2D eigenvalue weighted by molar-refractivity contribution is 0.271. The van der Waals surface area contributed by atoms with E-state index in [1.54, 1.807) is 0 Å². The first-order chi connectivity index (χ1) is 9.49. The number of hydrogen-bond donors (Lipinski definition) is 1. The lowest BCUT2D eigenvalue weighted by Crippen LogP contribution is -2.22. The third-order valence-electron chi connectivity index (χ3n) is 2.68. The summed E-state index contributed by atoms with van der Waals surface area (Å²) in [6, 6.07) is 4.96. The second-order valence-corrected chi connectivity index (χ2v) is 4.13. The smallest absolute Gasteiger partial charge is 0.167 e. The van der Waals surface area contributed by atoms with E-state index in [1.807, 2.05) is 0 Å². The Kier molecular flexibility index (Phi) is 4.24. The first kappa shape index (κ1) is 14.3. The number of rotatable bonds is 4. The van der Waals surface area contributed by atoms with Crippen LogP contribution in [0.5, 0.6) is 5.75 Å². The fraction of sp³-hybridized carbons (Fsp3) is 0.143. The first-order valence-electron chi connectivity index (χ1n) is 5.76. The average Bonchev–Trinajstić information content (AvgIpc) is 2.37. The Morgan fingerprint density at radius 3 is 2.20 bits per heavy atom. The van der Waals surface area contributed by atoms with Gasteiger partial charge in [-0.25, -0.2) is 17.6 Å². The minimum atomic E-state index is -1.11. The van der Waals surface area contributed by atoms with Gasteiger partial charge in [-0.1, -0.05) is 6.07 Å². The molecule has 2 aromatic rings. The van der Waals surface area contributed by atoms with Crippen LogP contribution in [0.3, 0.4) is 0 Å². The molecule has 0 spiro atoms. The van der Waals surface area contributed by atoms with Gasteiger partial charge < -0.3 is 10.5 Å². The molecule has 2 rings (SSSR count). The minimum Gasteiger partial charge on any atom is -0.489 e. The molecule has 1 unspecified atom stereocenters. The molecule has 0 aliphatic carbocycles. The molecule has 2 aromatic carbocycles. The van der Waals surface area contributed by atoms with E-state index in [9.17, 15) is 17.6 Å². The van der Waals surface area contributed by atoms with E-state index in [-0.39, 0.29) is 17.9 Å². The van der Waals surface area contributed by atoms with Crippen molar-refractivity contribution in [2.75, 3.05) is 6.61 Å². The Bertz CT molecular complexity index is 598. The second kappa shape index (κ2) is 5.92. The highest BCUT2D eigenvalue weighted by Crippen LogP contribution is 2.22. The molecule has 2 nitrogen and oxygen atoms in total. The van der Waals surface area contributed by atoms with Crippen LogP contribution in [0.4, 0.5) is 17.6 Å². The van der Waals surface area contributed by atoms with Crippen molar-refractivity contribution >= 4 is 0 Å². The maximum absolute atomic E-state index is 13.5. The SMILES string of the molecule is NC(COc1ccc(F)cc1F)c1c(F)cccc1F. The summed E-state index contributed by atoms with van der Waals surface area (Å²) in [6.45, 7) is -0.347. The van der Waals surface area contributed by atoms with Crippen molar-refractivity contribution in [2.24, 2.45) is 5.73 Å². The Labute approximate surface area is 112 Å². The van der Waals surface area contributed by atoms with Gasteiger partial charge in [-0.05, 0) is 24.3 Å². The summed E-state index contributed by atoms with van der Waals surface area (Å²) in [5, 5.41) is 0. The van der Waals surface area contributed by atoms with Gasteiger partial charge in [-0.3, -0.25) is 0 Å². The highest BCUT2D eigenvalue weighted by atomic mass is 19.1. The Morgan fingerprint density at radius 1 is 0.950 bits per heavy atom. The van der Waals surface area contributed by atoms with Crippen LogP contribution >= 0.6 is 0 Å². The zero-order valence-electron chi connectivity index (χ0n) is 10.2. The van der Waals surface area contributed by atoms with Crippen LogP contribution < -0.4 is 10.5 Å². The fourth-order valence-electron chi connectivity index (χ4n) is 1.72. The molecule has 6 heteroatoms. The number of nitrogens with two attached hydrogens (primary N) is 1. The zero-order valence-corrected chi connectivity index (χ0v) is 10.2. The highest BCUT2D eigenvalue weighted by Gasteiger charge is 2.17. The van der Waals surface area contributed by atoms with Gasteiger partial charge in [0.05, 0.1) is 6.04 Å². The predicted octanol–water partition coefficient (Wildman–Crippen LogP) is 3.32. The van der Waals surface area contributed by atoms with E-state index in [2.05, 4.69) is 0 Å². The molecule has 0 heterocycles. The van der Waals surface area contributed by atoms with Gasteiger partial charge in [0, 0.05) is 11.6 Å². The average molecular weight is 285 g/mol. The molecule has 0 saturated heterocycles. The van der Waals surface area contributed by atoms with Gasteiger partial charge in [-0.2, -0.15) is 0 Å². The molecule has 0 aliphatic rings. The van der Waals surface area contributed by atoms with Crippen molar-refractivity contribution in [1.29, 1.82) is 0 Å². The van der Waals surface area contributed by atoms with E-state index in [1.165, 1.54) is 6.07 Å². The molecular formula is C14H11F4NO. The largest absolute Gasteiger partial charge is 0.489 e. The Hall–Kier alpha value is -2.08. The first-order valence-corrected chi connectivity index (χ1v) is 5.76. The van der Waals surface area contributed by atoms with Crippen LogP contribution in [-0.2, 0) is 0 Å². The summed E-state index contributed by atoms with van der Waals surface area (Å²) < 4.78 is 57.9. The van der Waals surface area contributed by atoms with Crippen molar-refractivity contribution in [3.63, 3.8) is 0 Å². The molecule has 0 saturated carbocycles. The Morgan fingerprint density at radius 2 is 1.60 bits per heavy atom. The van der Waals surface area contributed by atoms with Crippen LogP contribution in [-0.4, -0.2) is 6.61 Å². The third-order valence-corrected chi connectivity index (χ3v) is 2.68. The van der Waals surface area contributed by atoms with Gasteiger partial charge in [-0.15, -0.1) is 0 Å². The van der Waals surface area contributed by atoms with Crippen molar-refractivity contribution in [1.82, 2.24) is 0 Å². The number of hydrogen-bond acceptors (Lipinski definition) is 2. The summed E-state index contributed by atoms with van der Waals surface area (Å²) in [5.74, 6) is -3.51. The Balaban J connectivity index is 2.11. The predicted molar refractivity (Wildman–Crippen MR) is 65.1 cm³/mol. The molecular weight excluding hydrogens is 274 g/mol. The molecule has 1 atom stereocenters. The summed E-state index contributed by atoms with van der Waals surface area (Å²) in [5.41, 5.74) is 5.29. The molecule has 0 amide bonds. The van der Waals surface area contributed by atoms with Crippen LogP contribution in [0.2, 0.25) is 0 Å². The summed E-state index contributed by atoms with van der Waals surface area (Å²) >= 11 is 0. The minimum absolute atomic E-state index is 0.237. The second-order valence-electron chi connectivity index (χ2n) is 4.13. The highest BCUT2D eigenvalue weighted by molar-refractivity contribution is 5.26. The molecule has 0 radical (unpaired) electrons. The van der Waals surface area contributed by atoms with Gasteiger partial charge in [0.25, 0.3) is 0 Å². The topological polar surface area (TPSA) is 35.2 Å². The molecule has 20 heavy (non-hydrogen) atoms. The normalized spacial score (nSPS) is 12.2. The molecule has 0 aliphatic heterocycles. The quantitative estimate of drug-likeness (QED) is 0.875. The van der Waals surface area contributed by atoms with Crippen LogP contribution in [0, 0.1) is 23.3 Å². The van der Waals surface area contributed by atoms with Crippen molar-refractivity contribution in [3.8, 4) is 5.75 Å². The van der Waals surface area contributed by atoms with E-state index in [0.29, 0.717) is 6.07 Å².